The van der Waals surface area contributed by atoms with Crippen molar-refractivity contribution in [2.75, 3.05) is 6.61 Å². The van der Waals surface area contributed by atoms with Crippen molar-refractivity contribution in [3.63, 3.8) is 0 Å². The minimum absolute atomic E-state index is 0.00760. The molecule has 2 N–H and O–H groups in total. The maximum Gasteiger partial charge on any atom is 0.220 e. The van der Waals surface area contributed by atoms with E-state index in [2.05, 4.69) is 18.3 Å². The SMILES string of the molecule is C[C@@H](C[C@@H](O)COc1ccccc1)C1=CCC(=O)[C@@H]1C[C@H]1CCC1CCCC(=O)NC1CC1. The molecule has 0 aromatic heterocycles. The summed E-state index contributed by atoms with van der Waals surface area (Å²) in [5.74, 6) is 2.71. The molecule has 4 rings (SSSR count). The Kier molecular flexibility index (Phi) is 8.24. The van der Waals surface area contributed by atoms with E-state index in [-0.39, 0.29) is 24.3 Å². The molecule has 5 atom stereocenters. The van der Waals surface area contributed by atoms with Gasteiger partial charge >= 0.3 is 0 Å². The van der Waals surface area contributed by atoms with E-state index in [1.54, 1.807) is 0 Å². The standard InChI is InChI=1S/C28H39NO4/c1-19(16-23(30)18-33-24-7-3-2-4-8-24)25-14-15-27(31)26(25)17-21-11-10-20(21)6-5-9-28(32)29-22-12-13-22/h2-4,7-8,14,19-23,26,30H,5-6,9-13,15-18H2,1H3,(H,29,32)/t19-,20?,21+,23+,26+/m0/s1. The topological polar surface area (TPSA) is 75.6 Å². The molecule has 0 aliphatic heterocycles. The molecule has 1 aromatic carbocycles. The number of carbonyl (C=O) groups excluding carboxylic acids is 2. The Labute approximate surface area is 198 Å². The molecular formula is C28H39NO4. The molecule has 1 aromatic rings. The number of amides is 1. The number of carbonyl (C=O) groups is 2. The third-order valence-electron chi connectivity index (χ3n) is 7.74. The molecule has 33 heavy (non-hydrogen) atoms. The van der Waals surface area contributed by atoms with Crippen LogP contribution < -0.4 is 10.1 Å². The van der Waals surface area contributed by atoms with Crippen LogP contribution in [0.15, 0.2) is 42.0 Å². The van der Waals surface area contributed by atoms with E-state index >= 15 is 0 Å². The molecule has 2 saturated carbocycles. The number of hydrogen-bond acceptors (Lipinski definition) is 4. The Hall–Kier alpha value is -2.14. The molecule has 3 aliphatic carbocycles. The number of rotatable bonds is 13. The van der Waals surface area contributed by atoms with Crippen LogP contribution in [0.2, 0.25) is 0 Å². The van der Waals surface area contributed by atoms with Gasteiger partial charge in [0.05, 0.1) is 6.10 Å². The van der Waals surface area contributed by atoms with Gasteiger partial charge in [-0.05, 0) is 81.3 Å². The normalized spacial score (nSPS) is 26.3. The summed E-state index contributed by atoms with van der Waals surface area (Å²) in [6.07, 6.45) is 11.0. The van der Waals surface area contributed by atoms with E-state index in [1.165, 1.54) is 18.4 Å². The molecule has 0 radical (unpaired) electrons. The molecule has 5 heteroatoms. The van der Waals surface area contributed by atoms with E-state index in [0.29, 0.717) is 42.9 Å². The number of para-hydroxylation sites is 1. The van der Waals surface area contributed by atoms with Crippen molar-refractivity contribution in [1.29, 1.82) is 0 Å². The fraction of sp³-hybridized carbons (Fsp3) is 0.643. The van der Waals surface area contributed by atoms with Gasteiger partial charge in [-0.25, -0.2) is 0 Å². The lowest BCUT2D eigenvalue weighted by Gasteiger charge is -2.39. The zero-order chi connectivity index (χ0) is 23.2. The minimum Gasteiger partial charge on any atom is -0.491 e. The first kappa shape index (κ1) is 24.0. The lowest BCUT2D eigenvalue weighted by Crippen LogP contribution is -2.31. The van der Waals surface area contributed by atoms with E-state index in [9.17, 15) is 14.7 Å². The van der Waals surface area contributed by atoms with Crippen molar-refractivity contribution in [1.82, 2.24) is 5.32 Å². The monoisotopic (exact) mass is 453 g/mol. The summed E-state index contributed by atoms with van der Waals surface area (Å²) in [6, 6.07) is 9.99. The van der Waals surface area contributed by atoms with Gasteiger partial charge < -0.3 is 15.2 Å². The van der Waals surface area contributed by atoms with Crippen LogP contribution in [-0.2, 0) is 9.59 Å². The van der Waals surface area contributed by atoms with Gasteiger partial charge in [0, 0.05) is 24.8 Å². The van der Waals surface area contributed by atoms with Crippen LogP contribution in [0.25, 0.3) is 0 Å². The van der Waals surface area contributed by atoms with Crippen molar-refractivity contribution >= 4 is 11.7 Å². The molecule has 0 spiro atoms. The Morgan fingerprint density at radius 3 is 2.61 bits per heavy atom. The molecular weight excluding hydrogens is 414 g/mol. The average molecular weight is 454 g/mol. The Morgan fingerprint density at radius 2 is 1.91 bits per heavy atom. The molecule has 1 unspecified atom stereocenters. The summed E-state index contributed by atoms with van der Waals surface area (Å²) in [5.41, 5.74) is 1.22. The van der Waals surface area contributed by atoms with E-state index in [4.69, 9.17) is 4.74 Å². The van der Waals surface area contributed by atoms with Gasteiger partial charge in [-0.3, -0.25) is 9.59 Å². The fourth-order valence-corrected chi connectivity index (χ4v) is 5.51. The largest absolute Gasteiger partial charge is 0.491 e. The quantitative estimate of drug-likeness (QED) is 0.419. The summed E-state index contributed by atoms with van der Waals surface area (Å²) in [6.45, 7) is 2.39. The minimum atomic E-state index is -0.560. The second-order valence-electron chi connectivity index (χ2n) is 10.4. The number of benzene rings is 1. The molecule has 180 valence electrons. The summed E-state index contributed by atoms with van der Waals surface area (Å²) in [5, 5.41) is 13.6. The lowest BCUT2D eigenvalue weighted by atomic mass is 9.66. The number of nitrogens with one attached hydrogen (secondary N) is 1. The molecule has 3 aliphatic rings. The van der Waals surface area contributed by atoms with Crippen molar-refractivity contribution in [3.05, 3.63) is 42.0 Å². The third-order valence-corrected chi connectivity index (χ3v) is 7.74. The maximum absolute atomic E-state index is 12.7. The van der Waals surface area contributed by atoms with Gasteiger partial charge in [0.2, 0.25) is 5.91 Å². The molecule has 0 bridgehead atoms. The van der Waals surface area contributed by atoms with Crippen LogP contribution in [0.4, 0.5) is 0 Å². The predicted octanol–water partition coefficient (Wildman–Crippen LogP) is 4.83. The van der Waals surface area contributed by atoms with Gasteiger partial charge in [-0.15, -0.1) is 0 Å². The second-order valence-corrected chi connectivity index (χ2v) is 10.4. The third kappa shape index (κ3) is 6.92. The van der Waals surface area contributed by atoms with Crippen molar-refractivity contribution in [3.8, 4) is 5.75 Å². The number of ether oxygens (including phenoxy) is 1. The van der Waals surface area contributed by atoms with Gasteiger partial charge in [0.15, 0.2) is 0 Å². The van der Waals surface area contributed by atoms with Crippen LogP contribution in [0.3, 0.4) is 0 Å². The second kappa shape index (κ2) is 11.3. The van der Waals surface area contributed by atoms with Crippen LogP contribution in [0.5, 0.6) is 5.75 Å². The first-order valence-electron chi connectivity index (χ1n) is 12.9. The van der Waals surface area contributed by atoms with Crippen molar-refractivity contribution in [2.24, 2.45) is 23.7 Å². The summed E-state index contributed by atoms with van der Waals surface area (Å²) in [4.78, 5) is 24.6. The highest BCUT2D eigenvalue weighted by Crippen LogP contribution is 2.45. The Balaban J connectivity index is 1.20. The van der Waals surface area contributed by atoms with E-state index in [1.807, 2.05) is 30.3 Å². The van der Waals surface area contributed by atoms with Crippen molar-refractivity contribution < 1.29 is 19.4 Å². The molecule has 2 fully saturated rings. The maximum atomic E-state index is 12.7. The number of hydrogen-bond donors (Lipinski definition) is 2. The molecule has 0 saturated heterocycles. The zero-order valence-electron chi connectivity index (χ0n) is 19.9. The van der Waals surface area contributed by atoms with Crippen molar-refractivity contribution in [2.45, 2.75) is 83.3 Å². The van der Waals surface area contributed by atoms with Crippen LogP contribution in [-0.4, -0.2) is 35.5 Å². The molecule has 1 amide bonds. The average Bonchev–Trinajstić information content (AvgIpc) is 3.53. The van der Waals surface area contributed by atoms with Crippen LogP contribution in [0, 0.1) is 23.7 Å². The van der Waals surface area contributed by atoms with E-state index < -0.39 is 6.10 Å². The van der Waals surface area contributed by atoms with Crippen LogP contribution >= 0.6 is 0 Å². The highest BCUT2D eigenvalue weighted by molar-refractivity contribution is 5.88. The van der Waals surface area contributed by atoms with Gasteiger partial charge in [-0.2, -0.15) is 0 Å². The number of aliphatic hydroxyl groups is 1. The summed E-state index contributed by atoms with van der Waals surface area (Å²) < 4.78 is 5.70. The number of allylic oxidation sites excluding steroid dienone is 2. The van der Waals surface area contributed by atoms with Gasteiger partial charge in [0.25, 0.3) is 0 Å². The summed E-state index contributed by atoms with van der Waals surface area (Å²) in [7, 11) is 0. The Bertz CT molecular complexity index is 832. The van der Waals surface area contributed by atoms with Crippen LogP contribution in [0.1, 0.15) is 71.1 Å². The van der Waals surface area contributed by atoms with E-state index in [0.717, 1.165) is 37.9 Å². The first-order valence-corrected chi connectivity index (χ1v) is 12.9. The fourth-order valence-electron chi connectivity index (χ4n) is 5.51. The number of ketones is 1. The number of Topliss-reactive ketones (excluding diaryl/α,β-unsaturated/α-hetero) is 1. The predicted molar refractivity (Wildman–Crippen MR) is 129 cm³/mol. The molecule has 0 heterocycles. The zero-order valence-corrected chi connectivity index (χ0v) is 19.9. The highest BCUT2D eigenvalue weighted by Gasteiger charge is 2.38. The number of aliphatic hydroxyl groups excluding tert-OH is 1. The Morgan fingerprint density at radius 1 is 1.15 bits per heavy atom. The lowest BCUT2D eigenvalue weighted by molar-refractivity contribution is -0.121. The first-order chi connectivity index (χ1) is 16.0. The van der Waals surface area contributed by atoms with Gasteiger partial charge in [-0.1, -0.05) is 36.8 Å². The summed E-state index contributed by atoms with van der Waals surface area (Å²) >= 11 is 0. The highest BCUT2D eigenvalue weighted by atomic mass is 16.5. The smallest absolute Gasteiger partial charge is 0.220 e. The molecule has 5 nitrogen and oxygen atoms in total. The van der Waals surface area contributed by atoms with Gasteiger partial charge in [0.1, 0.15) is 18.1 Å².